The molecule has 3 rings (SSSR count). The van der Waals surface area contributed by atoms with E-state index < -0.39 is 0 Å². The third-order valence-corrected chi connectivity index (χ3v) is 4.67. The van der Waals surface area contributed by atoms with Crippen LogP contribution in [0.15, 0.2) is 18.2 Å². The van der Waals surface area contributed by atoms with Crippen molar-refractivity contribution in [2.75, 3.05) is 14.2 Å². The summed E-state index contributed by atoms with van der Waals surface area (Å²) >= 11 is 1.79. The number of nitrogens with zero attached hydrogens (tertiary/aromatic N) is 1. The van der Waals surface area contributed by atoms with Crippen molar-refractivity contribution in [3.05, 3.63) is 28.8 Å². The molecule has 1 aromatic carbocycles. The molecular weight excluding hydrogens is 258 g/mol. The minimum atomic E-state index is 0.837. The molecule has 0 N–H and O–H groups in total. The van der Waals surface area contributed by atoms with Crippen LogP contribution in [0.1, 0.15) is 23.4 Å². The van der Waals surface area contributed by atoms with Gasteiger partial charge in [0.15, 0.2) is 0 Å². The van der Waals surface area contributed by atoms with Crippen LogP contribution in [-0.2, 0) is 12.8 Å². The summed E-state index contributed by atoms with van der Waals surface area (Å²) in [5.41, 5.74) is 2.30. The summed E-state index contributed by atoms with van der Waals surface area (Å²) in [6, 6.07) is 5.85. The van der Waals surface area contributed by atoms with Gasteiger partial charge in [-0.1, -0.05) is 0 Å². The fourth-order valence-electron chi connectivity index (χ4n) is 2.45. The predicted octanol–water partition coefficient (Wildman–Crippen LogP) is 3.71. The zero-order valence-electron chi connectivity index (χ0n) is 11.2. The van der Waals surface area contributed by atoms with Gasteiger partial charge in [0.25, 0.3) is 0 Å². The monoisotopic (exact) mass is 275 g/mol. The second-order valence-electron chi connectivity index (χ2n) is 4.66. The molecule has 3 nitrogen and oxygen atoms in total. The average Bonchev–Trinajstić information content (AvgIpc) is 2.90. The van der Waals surface area contributed by atoms with E-state index in [2.05, 4.69) is 0 Å². The Balaban J connectivity index is 2.07. The van der Waals surface area contributed by atoms with E-state index in [1.807, 2.05) is 18.2 Å². The molecule has 0 unspecified atom stereocenters. The van der Waals surface area contributed by atoms with E-state index in [1.165, 1.54) is 29.8 Å². The number of rotatable bonds is 3. The smallest absolute Gasteiger partial charge is 0.129 e. The van der Waals surface area contributed by atoms with E-state index in [-0.39, 0.29) is 0 Å². The van der Waals surface area contributed by atoms with E-state index in [4.69, 9.17) is 14.5 Å². The SMILES string of the molecule is COc1ccc(OC)c(-c2nc3c(s2)CCCC3)c1. The maximum absolute atomic E-state index is 5.44. The quantitative estimate of drug-likeness (QED) is 0.855. The van der Waals surface area contributed by atoms with Gasteiger partial charge in [-0.3, -0.25) is 0 Å². The first-order valence-electron chi connectivity index (χ1n) is 6.53. The minimum absolute atomic E-state index is 0.837. The highest BCUT2D eigenvalue weighted by Crippen LogP contribution is 2.38. The van der Waals surface area contributed by atoms with Gasteiger partial charge in [-0.15, -0.1) is 11.3 Å². The third-order valence-electron chi connectivity index (χ3n) is 3.48. The van der Waals surface area contributed by atoms with E-state index in [0.717, 1.165) is 28.5 Å². The number of benzene rings is 1. The third kappa shape index (κ3) is 2.32. The molecule has 4 heteroatoms. The van der Waals surface area contributed by atoms with Crippen molar-refractivity contribution in [2.45, 2.75) is 25.7 Å². The normalized spacial score (nSPS) is 14.0. The maximum Gasteiger partial charge on any atom is 0.129 e. The zero-order valence-corrected chi connectivity index (χ0v) is 12.0. The summed E-state index contributed by atoms with van der Waals surface area (Å²) < 4.78 is 10.7. The van der Waals surface area contributed by atoms with Crippen molar-refractivity contribution in [3.8, 4) is 22.1 Å². The Kier molecular flexibility index (Phi) is 3.42. The van der Waals surface area contributed by atoms with Crippen LogP contribution in [0.25, 0.3) is 10.6 Å². The van der Waals surface area contributed by atoms with Crippen molar-refractivity contribution in [1.82, 2.24) is 4.98 Å². The van der Waals surface area contributed by atoms with Gasteiger partial charge < -0.3 is 9.47 Å². The highest BCUT2D eigenvalue weighted by atomic mass is 32.1. The lowest BCUT2D eigenvalue weighted by atomic mass is 10.0. The number of fused-ring (bicyclic) bond motifs is 1. The van der Waals surface area contributed by atoms with Gasteiger partial charge >= 0.3 is 0 Å². The fourth-order valence-corrected chi connectivity index (χ4v) is 3.62. The molecule has 0 radical (unpaired) electrons. The number of ether oxygens (including phenoxy) is 2. The molecule has 0 bridgehead atoms. The molecular formula is C15H17NO2S. The molecule has 1 heterocycles. The Labute approximate surface area is 117 Å². The summed E-state index contributed by atoms with van der Waals surface area (Å²) in [5.74, 6) is 1.69. The standard InChI is InChI=1S/C15H17NO2S/c1-17-10-7-8-13(18-2)11(9-10)15-16-12-5-3-4-6-14(12)19-15/h7-9H,3-6H2,1-2H3. The summed E-state index contributed by atoms with van der Waals surface area (Å²) in [5, 5.41) is 1.04. The summed E-state index contributed by atoms with van der Waals surface area (Å²) in [7, 11) is 3.37. The number of methoxy groups -OCH3 is 2. The average molecular weight is 275 g/mol. The molecule has 0 aliphatic heterocycles. The largest absolute Gasteiger partial charge is 0.497 e. The van der Waals surface area contributed by atoms with Crippen LogP contribution < -0.4 is 9.47 Å². The molecule has 1 aliphatic carbocycles. The van der Waals surface area contributed by atoms with Gasteiger partial charge in [-0.25, -0.2) is 4.98 Å². The molecule has 19 heavy (non-hydrogen) atoms. The van der Waals surface area contributed by atoms with E-state index in [9.17, 15) is 0 Å². The topological polar surface area (TPSA) is 31.4 Å². The summed E-state index contributed by atoms with van der Waals surface area (Å²) in [6.45, 7) is 0. The van der Waals surface area contributed by atoms with Crippen LogP contribution in [0, 0.1) is 0 Å². The van der Waals surface area contributed by atoms with Gasteiger partial charge in [0, 0.05) is 4.88 Å². The first-order valence-corrected chi connectivity index (χ1v) is 7.34. The van der Waals surface area contributed by atoms with Gasteiger partial charge in [0.05, 0.1) is 25.5 Å². The molecule has 0 spiro atoms. The second kappa shape index (κ2) is 5.21. The van der Waals surface area contributed by atoms with E-state index in [1.54, 1.807) is 25.6 Å². The maximum atomic E-state index is 5.44. The van der Waals surface area contributed by atoms with Crippen LogP contribution >= 0.6 is 11.3 Å². The first-order chi connectivity index (χ1) is 9.31. The Morgan fingerprint density at radius 2 is 1.95 bits per heavy atom. The Bertz CT molecular complexity index is 568. The summed E-state index contributed by atoms with van der Waals surface area (Å²) in [6.07, 6.45) is 4.81. The van der Waals surface area contributed by atoms with Gasteiger partial charge in [0.1, 0.15) is 16.5 Å². The highest BCUT2D eigenvalue weighted by molar-refractivity contribution is 7.15. The number of aromatic nitrogens is 1. The predicted molar refractivity (Wildman–Crippen MR) is 77.3 cm³/mol. The van der Waals surface area contributed by atoms with Gasteiger partial charge in [0.2, 0.25) is 0 Å². The Morgan fingerprint density at radius 3 is 2.68 bits per heavy atom. The number of hydrogen-bond acceptors (Lipinski definition) is 4. The number of thiazole rings is 1. The van der Waals surface area contributed by atoms with Gasteiger partial charge in [-0.05, 0) is 43.9 Å². The van der Waals surface area contributed by atoms with Crippen LogP contribution in [0.5, 0.6) is 11.5 Å². The van der Waals surface area contributed by atoms with Crippen LogP contribution in [0.3, 0.4) is 0 Å². The molecule has 0 fully saturated rings. The van der Waals surface area contributed by atoms with Crippen molar-refractivity contribution in [2.24, 2.45) is 0 Å². The van der Waals surface area contributed by atoms with Crippen LogP contribution in [0.4, 0.5) is 0 Å². The fraction of sp³-hybridized carbons (Fsp3) is 0.400. The lowest BCUT2D eigenvalue weighted by Gasteiger charge is -2.08. The molecule has 2 aromatic rings. The Morgan fingerprint density at radius 1 is 1.11 bits per heavy atom. The van der Waals surface area contributed by atoms with E-state index in [0.29, 0.717) is 0 Å². The van der Waals surface area contributed by atoms with E-state index >= 15 is 0 Å². The number of hydrogen-bond donors (Lipinski definition) is 0. The molecule has 100 valence electrons. The van der Waals surface area contributed by atoms with Crippen molar-refractivity contribution in [1.29, 1.82) is 0 Å². The lowest BCUT2D eigenvalue weighted by molar-refractivity contribution is 0.404. The van der Waals surface area contributed by atoms with Crippen molar-refractivity contribution >= 4 is 11.3 Å². The molecule has 0 saturated carbocycles. The van der Waals surface area contributed by atoms with Crippen molar-refractivity contribution < 1.29 is 9.47 Å². The molecule has 0 amide bonds. The number of aryl methyl sites for hydroxylation is 2. The Hall–Kier alpha value is -1.55. The highest BCUT2D eigenvalue weighted by Gasteiger charge is 2.18. The molecule has 0 atom stereocenters. The van der Waals surface area contributed by atoms with Crippen LogP contribution in [0.2, 0.25) is 0 Å². The molecule has 1 aromatic heterocycles. The zero-order chi connectivity index (χ0) is 13.2. The summed E-state index contributed by atoms with van der Waals surface area (Å²) in [4.78, 5) is 6.22. The second-order valence-corrected chi connectivity index (χ2v) is 5.75. The van der Waals surface area contributed by atoms with Gasteiger partial charge in [-0.2, -0.15) is 0 Å². The first kappa shape index (κ1) is 12.5. The molecule has 0 saturated heterocycles. The lowest BCUT2D eigenvalue weighted by Crippen LogP contribution is -1.99. The minimum Gasteiger partial charge on any atom is -0.497 e. The molecule has 1 aliphatic rings. The van der Waals surface area contributed by atoms with Crippen molar-refractivity contribution in [3.63, 3.8) is 0 Å². The van der Waals surface area contributed by atoms with Crippen LogP contribution in [-0.4, -0.2) is 19.2 Å².